The molecule has 0 radical (unpaired) electrons. The van der Waals surface area contributed by atoms with Crippen LogP contribution in [-0.4, -0.2) is 37.2 Å². The lowest BCUT2D eigenvalue weighted by atomic mass is 10.1. The SMILES string of the molecule is CC/C=C\C/C=C\C/C=C\C/C=C\C/C=C\C/C=C\C/C=C\CCCCCCCCCC(=O)OCC(COC(=O)CCCCCCCC)OC(=O)CCCCCCCCC/C=C\C/C=C\C/C=C\CC. The van der Waals surface area contributed by atoms with E-state index in [-0.39, 0.29) is 31.1 Å². The minimum Gasteiger partial charge on any atom is -0.462 e. The summed E-state index contributed by atoms with van der Waals surface area (Å²) < 4.78 is 16.7. The van der Waals surface area contributed by atoms with Crippen LogP contribution in [0.15, 0.2) is 122 Å². The zero-order chi connectivity index (χ0) is 50.7. The molecule has 0 aromatic carbocycles. The molecule has 0 bridgehead atoms. The Labute approximate surface area is 431 Å². The third kappa shape index (κ3) is 54.7. The average molecular weight is 970 g/mol. The summed E-state index contributed by atoms with van der Waals surface area (Å²) in [6.07, 6.45) is 79.3. The molecule has 6 heteroatoms. The number of ether oxygens (including phenoxy) is 3. The first kappa shape index (κ1) is 65.8. The van der Waals surface area contributed by atoms with Gasteiger partial charge in [-0.1, -0.05) is 239 Å². The summed E-state index contributed by atoms with van der Waals surface area (Å²) in [7, 11) is 0. The highest BCUT2D eigenvalue weighted by atomic mass is 16.6. The van der Waals surface area contributed by atoms with E-state index in [0.717, 1.165) is 135 Å². The van der Waals surface area contributed by atoms with Gasteiger partial charge in [0.25, 0.3) is 0 Å². The molecule has 70 heavy (non-hydrogen) atoms. The number of hydrogen-bond donors (Lipinski definition) is 0. The van der Waals surface area contributed by atoms with Crippen molar-refractivity contribution < 1.29 is 28.6 Å². The van der Waals surface area contributed by atoms with Gasteiger partial charge in [-0.3, -0.25) is 14.4 Å². The Balaban J connectivity index is 4.18. The monoisotopic (exact) mass is 969 g/mol. The summed E-state index contributed by atoms with van der Waals surface area (Å²) in [4.78, 5) is 37.9. The predicted molar refractivity (Wildman–Crippen MR) is 302 cm³/mol. The van der Waals surface area contributed by atoms with E-state index in [4.69, 9.17) is 14.2 Å². The molecule has 0 fully saturated rings. The summed E-state index contributed by atoms with van der Waals surface area (Å²) in [5, 5.41) is 0. The Hall–Kier alpha value is -4.19. The summed E-state index contributed by atoms with van der Waals surface area (Å²) in [5.74, 6) is -0.922. The Morgan fingerprint density at radius 1 is 0.300 bits per heavy atom. The van der Waals surface area contributed by atoms with Gasteiger partial charge in [0.15, 0.2) is 6.10 Å². The molecule has 0 aromatic heterocycles. The number of rotatable bonds is 50. The van der Waals surface area contributed by atoms with Crippen LogP contribution in [0, 0.1) is 0 Å². The number of hydrogen-bond acceptors (Lipinski definition) is 6. The average Bonchev–Trinajstić information content (AvgIpc) is 3.36. The van der Waals surface area contributed by atoms with Gasteiger partial charge in [-0.25, -0.2) is 0 Å². The van der Waals surface area contributed by atoms with Gasteiger partial charge in [0.1, 0.15) is 13.2 Å². The van der Waals surface area contributed by atoms with E-state index in [1.54, 1.807) is 0 Å². The van der Waals surface area contributed by atoms with E-state index >= 15 is 0 Å². The van der Waals surface area contributed by atoms with Gasteiger partial charge in [0, 0.05) is 19.3 Å². The summed E-state index contributed by atoms with van der Waals surface area (Å²) in [5.41, 5.74) is 0. The molecule has 0 saturated heterocycles. The summed E-state index contributed by atoms with van der Waals surface area (Å²) >= 11 is 0. The second-order valence-corrected chi connectivity index (χ2v) is 18.4. The molecule has 1 atom stereocenters. The smallest absolute Gasteiger partial charge is 0.306 e. The van der Waals surface area contributed by atoms with Gasteiger partial charge in [-0.15, -0.1) is 0 Å². The number of carbonyl (C=O) groups excluding carboxylic acids is 3. The third-order valence-corrected chi connectivity index (χ3v) is 11.7. The van der Waals surface area contributed by atoms with Crippen LogP contribution in [0.2, 0.25) is 0 Å². The minimum atomic E-state index is -0.788. The maximum atomic E-state index is 12.8. The lowest BCUT2D eigenvalue weighted by molar-refractivity contribution is -0.167. The second kappa shape index (κ2) is 57.4. The second-order valence-electron chi connectivity index (χ2n) is 18.4. The fourth-order valence-corrected chi connectivity index (χ4v) is 7.49. The van der Waals surface area contributed by atoms with Crippen molar-refractivity contribution in [1.82, 2.24) is 0 Å². The molecule has 396 valence electrons. The highest BCUT2D eigenvalue weighted by Gasteiger charge is 2.19. The van der Waals surface area contributed by atoms with Crippen LogP contribution in [0.5, 0.6) is 0 Å². The van der Waals surface area contributed by atoms with Crippen molar-refractivity contribution in [3.05, 3.63) is 122 Å². The van der Waals surface area contributed by atoms with Gasteiger partial charge in [0.2, 0.25) is 0 Å². The standard InChI is InChI=1S/C64H104O6/c1-4-7-10-13-16-18-20-22-24-26-27-28-29-30-31-32-33-34-35-36-37-39-40-42-44-46-48-51-54-57-63(66)69-60-61(59-68-62(65)56-53-50-15-12-9-6-3)70-64(67)58-55-52-49-47-45-43-41-38-25-23-21-19-17-14-11-8-5-2/h7-8,10-11,16-19,22-25,27-28,30-31,33-34,36-37,61H,4-6,9,12-15,20-21,26,29,32,35,38-60H2,1-3H3/b10-7-,11-8-,18-16-,19-17-,24-22-,25-23-,28-27-,31-30-,34-33-,37-36-. The van der Waals surface area contributed by atoms with Crippen molar-refractivity contribution in [3.63, 3.8) is 0 Å². The van der Waals surface area contributed by atoms with Gasteiger partial charge in [-0.2, -0.15) is 0 Å². The highest BCUT2D eigenvalue weighted by molar-refractivity contribution is 5.71. The number of allylic oxidation sites excluding steroid dienone is 20. The quantitative estimate of drug-likeness (QED) is 0.0262. The predicted octanol–water partition coefficient (Wildman–Crippen LogP) is 19.3. The zero-order valence-electron chi connectivity index (χ0n) is 45.2. The number of esters is 3. The van der Waals surface area contributed by atoms with E-state index in [0.29, 0.717) is 19.3 Å². The number of unbranched alkanes of at least 4 members (excludes halogenated alkanes) is 19. The van der Waals surface area contributed by atoms with Crippen LogP contribution in [0.4, 0.5) is 0 Å². The minimum absolute atomic E-state index is 0.0878. The summed E-state index contributed by atoms with van der Waals surface area (Å²) in [6, 6.07) is 0. The van der Waals surface area contributed by atoms with Crippen LogP contribution in [0.25, 0.3) is 0 Å². The maximum absolute atomic E-state index is 12.8. The van der Waals surface area contributed by atoms with E-state index < -0.39 is 6.10 Å². The molecule has 0 aliphatic rings. The van der Waals surface area contributed by atoms with Crippen molar-refractivity contribution in [2.45, 2.75) is 252 Å². The largest absolute Gasteiger partial charge is 0.462 e. The zero-order valence-corrected chi connectivity index (χ0v) is 45.2. The fourth-order valence-electron chi connectivity index (χ4n) is 7.49. The summed E-state index contributed by atoms with van der Waals surface area (Å²) in [6.45, 7) is 6.33. The van der Waals surface area contributed by atoms with Crippen LogP contribution < -0.4 is 0 Å². The van der Waals surface area contributed by atoms with Gasteiger partial charge < -0.3 is 14.2 Å². The van der Waals surface area contributed by atoms with Gasteiger partial charge in [0.05, 0.1) is 0 Å². The Morgan fingerprint density at radius 3 is 0.871 bits per heavy atom. The van der Waals surface area contributed by atoms with Crippen molar-refractivity contribution in [1.29, 1.82) is 0 Å². The first-order valence-electron chi connectivity index (χ1n) is 28.5. The Morgan fingerprint density at radius 2 is 0.557 bits per heavy atom. The maximum Gasteiger partial charge on any atom is 0.306 e. The van der Waals surface area contributed by atoms with Crippen LogP contribution in [-0.2, 0) is 28.6 Å². The van der Waals surface area contributed by atoms with Crippen molar-refractivity contribution in [3.8, 4) is 0 Å². The van der Waals surface area contributed by atoms with E-state index in [1.807, 2.05) is 0 Å². The molecule has 0 N–H and O–H groups in total. The first-order chi connectivity index (χ1) is 34.5. The molecule has 6 nitrogen and oxygen atoms in total. The van der Waals surface area contributed by atoms with E-state index in [2.05, 4.69) is 142 Å². The molecule has 1 unspecified atom stereocenters. The molecule has 0 aliphatic heterocycles. The van der Waals surface area contributed by atoms with Gasteiger partial charge >= 0.3 is 17.9 Å². The van der Waals surface area contributed by atoms with Crippen molar-refractivity contribution in [2.24, 2.45) is 0 Å². The molecule has 0 saturated carbocycles. The molecular weight excluding hydrogens is 865 g/mol. The highest BCUT2D eigenvalue weighted by Crippen LogP contribution is 2.14. The molecule has 0 rings (SSSR count). The molecule has 0 aliphatic carbocycles. The Kier molecular flexibility index (Phi) is 54.0. The molecular formula is C64H104O6. The Bertz CT molecular complexity index is 1490. The van der Waals surface area contributed by atoms with Gasteiger partial charge in [-0.05, 0) is 109 Å². The topological polar surface area (TPSA) is 78.9 Å². The van der Waals surface area contributed by atoms with Crippen LogP contribution >= 0.6 is 0 Å². The normalized spacial score (nSPS) is 13.0. The lowest BCUT2D eigenvalue weighted by Gasteiger charge is -2.18. The van der Waals surface area contributed by atoms with E-state index in [9.17, 15) is 14.4 Å². The molecule has 0 heterocycles. The van der Waals surface area contributed by atoms with Crippen LogP contribution in [0.3, 0.4) is 0 Å². The fraction of sp³-hybridized carbons (Fsp3) is 0.641. The van der Waals surface area contributed by atoms with Crippen molar-refractivity contribution in [2.75, 3.05) is 13.2 Å². The van der Waals surface area contributed by atoms with Crippen LogP contribution in [0.1, 0.15) is 245 Å². The van der Waals surface area contributed by atoms with E-state index in [1.165, 1.54) is 70.6 Å². The lowest BCUT2D eigenvalue weighted by Crippen LogP contribution is -2.30. The third-order valence-electron chi connectivity index (χ3n) is 11.7. The molecule has 0 aromatic rings. The molecule has 0 amide bonds. The van der Waals surface area contributed by atoms with Crippen molar-refractivity contribution >= 4 is 17.9 Å². The molecule has 0 spiro atoms. The first-order valence-corrected chi connectivity index (χ1v) is 28.5. The number of carbonyl (C=O) groups is 3.